The van der Waals surface area contributed by atoms with Crippen LogP contribution in [-0.2, 0) is 4.79 Å². The molecule has 2 aliphatic heterocycles. The van der Waals surface area contributed by atoms with Crippen molar-refractivity contribution in [1.82, 2.24) is 9.58 Å². The summed E-state index contributed by atoms with van der Waals surface area (Å²) < 4.78 is 29.7. The second-order valence-electron chi connectivity index (χ2n) is 7.67. The van der Waals surface area contributed by atoms with E-state index in [1.807, 2.05) is 24.5 Å². The zero-order chi connectivity index (χ0) is 24.1. The maximum absolute atomic E-state index is 14.2. The Morgan fingerprint density at radius 2 is 1.85 bits per heavy atom. The first-order chi connectivity index (χ1) is 16.2. The van der Waals surface area contributed by atoms with E-state index < -0.39 is 17.5 Å². The molecular weight excluding hydrogens is 480 g/mol. The van der Waals surface area contributed by atoms with Crippen molar-refractivity contribution in [3.05, 3.63) is 93.3 Å². The summed E-state index contributed by atoms with van der Waals surface area (Å²) in [6.07, 6.45) is 1.58. The first-order valence-electron chi connectivity index (χ1n) is 10.1. The molecule has 0 aliphatic carbocycles. The lowest BCUT2D eigenvalue weighted by atomic mass is 10.1. The van der Waals surface area contributed by atoms with E-state index in [0.717, 1.165) is 23.1 Å². The number of hydrogen-bond donors (Lipinski definition) is 1. The molecule has 0 fully saturated rings. The van der Waals surface area contributed by atoms with Crippen LogP contribution in [0.25, 0.3) is 11.8 Å². The van der Waals surface area contributed by atoms with E-state index in [2.05, 4.69) is 10.1 Å². The van der Waals surface area contributed by atoms with E-state index in [0.29, 0.717) is 16.3 Å². The Balaban J connectivity index is 1.52. The number of amidine groups is 2. The van der Waals surface area contributed by atoms with Crippen molar-refractivity contribution in [2.24, 2.45) is 10.1 Å². The maximum Gasteiger partial charge on any atom is 0.283 e. The number of aliphatic imine (C=N–C) groups is 1. The number of carbonyl (C=O) groups is 1. The first kappa shape index (κ1) is 22.2. The van der Waals surface area contributed by atoms with Gasteiger partial charge in [0.15, 0.2) is 5.84 Å². The minimum atomic E-state index is -0.580. The molecule has 1 amide bonds. The molecule has 0 bridgehead atoms. The molecule has 3 heterocycles. The van der Waals surface area contributed by atoms with Gasteiger partial charge in [0.2, 0.25) is 5.17 Å². The molecule has 1 N–H and O–H groups in total. The highest BCUT2D eigenvalue weighted by Gasteiger charge is 2.36. The average molecular weight is 496 g/mol. The molecule has 0 unspecified atom stereocenters. The van der Waals surface area contributed by atoms with Gasteiger partial charge in [0.1, 0.15) is 16.7 Å². The number of benzene rings is 2. The molecule has 0 saturated carbocycles. The molecule has 2 aliphatic rings. The zero-order valence-corrected chi connectivity index (χ0v) is 19.5. The van der Waals surface area contributed by atoms with Crippen LogP contribution < -0.4 is 0 Å². The monoisotopic (exact) mass is 495 g/mol. The van der Waals surface area contributed by atoms with Crippen molar-refractivity contribution in [2.75, 3.05) is 0 Å². The van der Waals surface area contributed by atoms with Crippen molar-refractivity contribution >= 4 is 51.4 Å². The van der Waals surface area contributed by atoms with Crippen LogP contribution in [0.5, 0.6) is 0 Å². The van der Waals surface area contributed by atoms with Crippen molar-refractivity contribution in [3.8, 4) is 5.69 Å². The molecule has 6 nitrogen and oxygen atoms in total. The molecule has 10 heteroatoms. The number of nitrogens with zero attached hydrogens (tertiary/aromatic N) is 4. The number of halogens is 3. The summed E-state index contributed by atoms with van der Waals surface area (Å²) >= 11 is 6.99. The minimum absolute atomic E-state index is 0.00561. The predicted molar refractivity (Wildman–Crippen MR) is 131 cm³/mol. The van der Waals surface area contributed by atoms with Gasteiger partial charge >= 0.3 is 0 Å². The van der Waals surface area contributed by atoms with Crippen molar-refractivity contribution in [2.45, 2.75) is 13.8 Å². The van der Waals surface area contributed by atoms with Gasteiger partial charge in [0, 0.05) is 22.6 Å². The van der Waals surface area contributed by atoms with Gasteiger partial charge in [-0.15, -0.1) is 0 Å². The number of hydrazone groups is 1. The fourth-order valence-corrected chi connectivity index (χ4v) is 4.94. The van der Waals surface area contributed by atoms with E-state index in [-0.39, 0.29) is 27.2 Å². The third-order valence-electron chi connectivity index (χ3n) is 5.49. The zero-order valence-electron chi connectivity index (χ0n) is 17.9. The molecule has 0 spiro atoms. The van der Waals surface area contributed by atoms with E-state index in [1.165, 1.54) is 23.2 Å². The molecule has 0 saturated heterocycles. The second kappa shape index (κ2) is 8.34. The standard InChI is InChI=1S/C24H16ClF2N5OS/c1-12-9-14(13(2)31(12)15-7-8-20(27)18(25)11-15)10-17-21(28)32-24(29-22(17)33)34-23(30-32)16-5-3-4-6-19(16)26/h3-11,28H,1-2H3/b17-10+,28-21?. The Hall–Kier alpha value is -3.56. The Bertz CT molecular complexity index is 1490. The van der Waals surface area contributed by atoms with Crippen LogP contribution in [0.1, 0.15) is 22.5 Å². The number of rotatable bonds is 3. The lowest BCUT2D eigenvalue weighted by Gasteiger charge is -2.20. The number of aryl methyl sites for hydroxylation is 1. The van der Waals surface area contributed by atoms with Crippen LogP contribution in [0.4, 0.5) is 8.78 Å². The number of nitrogens with one attached hydrogen (secondary N) is 1. The summed E-state index contributed by atoms with van der Waals surface area (Å²) in [5, 5.41) is 14.7. The molecule has 34 heavy (non-hydrogen) atoms. The smallest absolute Gasteiger partial charge is 0.283 e. The highest BCUT2D eigenvalue weighted by molar-refractivity contribution is 8.27. The Morgan fingerprint density at radius 1 is 1.09 bits per heavy atom. The van der Waals surface area contributed by atoms with Crippen LogP contribution in [0.15, 0.2) is 64.2 Å². The number of hydrogen-bond acceptors (Lipinski definition) is 4. The van der Waals surface area contributed by atoms with Gasteiger partial charge in [-0.25, -0.2) is 8.78 Å². The van der Waals surface area contributed by atoms with Gasteiger partial charge in [0.05, 0.1) is 10.6 Å². The number of carbonyl (C=O) groups excluding carboxylic acids is 1. The van der Waals surface area contributed by atoms with Crippen LogP contribution in [0.2, 0.25) is 5.02 Å². The fourth-order valence-electron chi connectivity index (χ4n) is 3.85. The van der Waals surface area contributed by atoms with E-state index >= 15 is 0 Å². The van der Waals surface area contributed by atoms with Crippen LogP contribution in [0, 0.1) is 30.9 Å². The Labute approximate surface area is 202 Å². The summed E-state index contributed by atoms with van der Waals surface area (Å²) in [5.74, 6) is -1.69. The normalized spacial score (nSPS) is 16.7. The lowest BCUT2D eigenvalue weighted by Crippen LogP contribution is -2.35. The average Bonchev–Trinajstić information content (AvgIpc) is 3.34. The summed E-state index contributed by atoms with van der Waals surface area (Å²) in [6.45, 7) is 3.72. The third kappa shape index (κ3) is 3.66. The summed E-state index contributed by atoms with van der Waals surface area (Å²) in [4.78, 5) is 16.9. The molecule has 1 aromatic heterocycles. The van der Waals surface area contributed by atoms with Gasteiger partial charge in [-0.2, -0.15) is 15.1 Å². The highest BCUT2D eigenvalue weighted by atomic mass is 35.5. The Morgan fingerprint density at radius 3 is 2.59 bits per heavy atom. The number of fused-ring (bicyclic) bond motifs is 1. The quantitative estimate of drug-likeness (QED) is 0.474. The number of amides is 1. The van der Waals surface area contributed by atoms with Crippen LogP contribution in [0.3, 0.4) is 0 Å². The molecule has 5 rings (SSSR count). The molecular formula is C24H16ClF2N5OS. The lowest BCUT2D eigenvalue weighted by molar-refractivity contribution is -0.114. The van der Waals surface area contributed by atoms with Gasteiger partial charge in [0.25, 0.3) is 5.91 Å². The SMILES string of the molecule is Cc1cc(/C=C2\C(=N)N3N=C(c4ccccc4F)SC3=NC2=O)c(C)n1-c1ccc(F)c(Cl)c1. The highest BCUT2D eigenvalue weighted by Crippen LogP contribution is 2.32. The Kier molecular flexibility index (Phi) is 5.45. The van der Waals surface area contributed by atoms with E-state index in [1.54, 1.807) is 30.3 Å². The molecule has 0 atom stereocenters. The van der Waals surface area contributed by atoms with Gasteiger partial charge in [-0.05, 0) is 73.6 Å². The van der Waals surface area contributed by atoms with Crippen molar-refractivity contribution < 1.29 is 13.6 Å². The number of aromatic nitrogens is 1. The second-order valence-corrected chi connectivity index (χ2v) is 9.03. The summed E-state index contributed by atoms with van der Waals surface area (Å²) in [6, 6.07) is 12.5. The van der Waals surface area contributed by atoms with Crippen LogP contribution in [-0.4, -0.2) is 31.5 Å². The molecule has 3 aromatic rings. The summed E-state index contributed by atoms with van der Waals surface area (Å²) in [7, 11) is 0. The maximum atomic E-state index is 14.2. The van der Waals surface area contributed by atoms with Gasteiger partial charge < -0.3 is 4.57 Å². The third-order valence-corrected chi connectivity index (χ3v) is 6.72. The summed E-state index contributed by atoms with van der Waals surface area (Å²) in [5.41, 5.74) is 3.30. The fraction of sp³-hybridized carbons (Fsp3) is 0.0833. The van der Waals surface area contributed by atoms with Crippen molar-refractivity contribution in [1.29, 1.82) is 5.41 Å². The van der Waals surface area contributed by atoms with Crippen molar-refractivity contribution in [3.63, 3.8) is 0 Å². The van der Waals surface area contributed by atoms with Gasteiger partial charge in [-0.3, -0.25) is 10.2 Å². The topological polar surface area (TPSA) is 73.8 Å². The van der Waals surface area contributed by atoms with E-state index in [4.69, 9.17) is 17.0 Å². The molecule has 0 radical (unpaired) electrons. The number of thioether (sulfide) groups is 1. The predicted octanol–water partition coefficient (Wildman–Crippen LogP) is 5.69. The first-order valence-corrected chi connectivity index (χ1v) is 11.3. The minimum Gasteiger partial charge on any atom is -0.318 e. The van der Waals surface area contributed by atoms with Gasteiger partial charge in [-0.1, -0.05) is 23.7 Å². The molecule has 170 valence electrons. The van der Waals surface area contributed by atoms with Crippen LogP contribution >= 0.6 is 23.4 Å². The molecule has 2 aromatic carbocycles. The van der Waals surface area contributed by atoms with E-state index in [9.17, 15) is 13.6 Å². The largest absolute Gasteiger partial charge is 0.318 e.